The first kappa shape index (κ1) is 14.7. The summed E-state index contributed by atoms with van der Waals surface area (Å²) in [5.74, 6) is -0.165. The van der Waals surface area contributed by atoms with Crippen molar-refractivity contribution < 1.29 is 4.39 Å². The van der Waals surface area contributed by atoms with Crippen LogP contribution >= 0.6 is 27.3 Å². The number of nitrogens with one attached hydrogen (secondary N) is 1. The number of rotatable bonds is 4. The molecule has 1 aromatic heterocycles. The molecule has 1 N–H and O–H groups in total. The van der Waals surface area contributed by atoms with Crippen molar-refractivity contribution in [1.29, 1.82) is 0 Å². The first-order chi connectivity index (χ1) is 8.97. The maximum absolute atomic E-state index is 13.8. The van der Waals surface area contributed by atoms with E-state index in [1.807, 2.05) is 13.0 Å². The smallest absolute Gasteiger partial charge is 0.128 e. The van der Waals surface area contributed by atoms with Crippen LogP contribution in [0.15, 0.2) is 28.7 Å². The topological polar surface area (TPSA) is 12.0 Å². The molecule has 0 amide bonds. The van der Waals surface area contributed by atoms with Crippen molar-refractivity contribution >= 4 is 27.3 Å². The molecular formula is C15H17BrFNS. The molecule has 102 valence electrons. The summed E-state index contributed by atoms with van der Waals surface area (Å²) in [7, 11) is 0. The Bertz CT molecular complexity index is 560. The van der Waals surface area contributed by atoms with E-state index in [-0.39, 0.29) is 11.9 Å². The standard InChI is InChI=1S/C15H17BrFNS/c1-9-6-13(19-11(9)3)8-18-10(2)14-7-12(16)4-5-15(14)17/h4-7,10,18H,8H2,1-3H3. The van der Waals surface area contributed by atoms with Crippen molar-refractivity contribution in [3.63, 3.8) is 0 Å². The zero-order valence-electron chi connectivity index (χ0n) is 11.3. The summed E-state index contributed by atoms with van der Waals surface area (Å²) in [4.78, 5) is 2.63. The molecule has 2 aromatic rings. The molecule has 0 fully saturated rings. The Morgan fingerprint density at radius 2 is 2.05 bits per heavy atom. The number of halogens is 2. The fourth-order valence-electron chi connectivity index (χ4n) is 1.95. The second kappa shape index (κ2) is 6.16. The normalized spacial score (nSPS) is 12.7. The van der Waals surface area contributed by atoms with Gasteiger partial charge in [0.1, 0.15) is 5.82 Å². The van der Waals surface area contributed by atoms with Crippen molar-refractivity contribution in [2.75, 3.05) is 0 Å². The van der Waals surface area contributed by atoms with Crippen LogP contribution in [0.5, 0.6) is 0 Å². The van der Waals surface area contributed by atoms with Crippen LogP contribution in [-0.2, 0) is 6.54 Å². The molecule has 19 heavy (non-hydrogen) atoms. The summed E-state index contributed by atoms with van der Waals surface area (Å²) in [5.41, 5.74) is 2.02. The third-order valence-electron chi connectivity index (χ3n) is 3.22. The quantitative estimate of drug-likeness (QED) is 0.813. The van der Waals surface area contributed by atoms with Crippen molar-refractivity contribution in [2.45, 2.75) is 33.4 Å². The average molecular weight is 342 g/mol. The maximum atomic E-state index is 13.8. The van der Waals surface area contributed by atoms with E-state index in [0.29, 0.717) is 5.56 Å². The monoisotopic (exact) mass is 341 g/mol. The number of thiophene rings is 1. The predicted octanol–water partition coefficient (Wildman–Crippen LogP) is 5.12. The summed E-state index contributed by atoms with van der Waals surface area (Å²) in [6.45, 7) is 7.00. The van der Waals surface area contributed by atoms with Crippen LogP contribution in [0.1, 0.15) is 33.8 Å². The minimum atomic E-state index is -0.165. The van der Waals surface area contributed by atoms with E-state index in [9.17, 15) is 4.39 Å². The lowest BCUT2D eigenvalue weighted by molar-refractivity contribution is 0.530. The lowest BCUT2D eigenvalue weighted by Crippen LogP contribution is -2.18. The summed E-state index contributed by atoms with van der Waals surface area (Å²) >= 11 is 5.17. The van der Waals surface area contributed by atoms with Crippen molar-refractivity contribution in [1.82, 2.24) is 5.32 Å². The highest BCUT2D eigenvalue weighted by atomic mass is 79.9. The molecule has 1 atom stereocenters. The molecule has 4 heteroatoms. The van der Waals surface area contributed by atoms with Crippen molar-refractivity contribution in [3.05, 3.63) is 55.4 Å². The Morgan fingerprint density at radius 1 is 1.32 bits per heavy atom. The predicted molar refractivity (Wildman–Crippen MR) is 83.1 cm³/mol. The summed E-state index contributed by atoms with van der Waals surface area (Å²) in [6.07, 6.45) is 0. The molecule has 0 saturated heterocycles. The summed E-state index contributed by atoms with van der Waals surface area (Å²) in [6, 6.07) is 7.23. The summed E-state index contributed by atoms with van der Waals surface area (Å²) in [5, 5.41) is 3.37. The largest absolute Gasteiger partial charge is 0.305 e. The molecule has 1 aromatic carbocycles. The third-order valence-corrected chi connectivity index (χ3v) is 4.87. The summed E-state index contributed by atoms with van der Waals surface area (Å²) < 4.78 is 14.7. The van der Waals surface area contributed by atoms with Gasteiger partial charge in [-0.05, 0) is 50.6 Å². The Morgan fingerprint density at radius 3 is 2.68 bits per heavy atom. The zero-order chi connectivity index (χ0) is 14.0. The van der Waals surface area contributed by atoms with Gasteiger partial charge in [0.05, 0.1) is 0 Å². The Kier molecular flexibility index (Phi) is 4.76. The molecule has 2 rings (SSSR count). The molecule has 0 saturated carbocycles. The molecule has 0 bridgehead atoms. The van der Waals surface area contributed by atoms with Gasteiger partial charge in [-0.3, -0.25) is 0 Å². The van der Waals surface area contributed by atoms with Gasteiger partial charge in [0.2, 0.25) is 0 Å². The van der Waals surface area contributed by atoms with E-state index in [1.165, 1.54) is 21.4 Å². The van der Waals surface area contributed by atoms with Gasteiger partial charge in [0.25, 0.3) is 0 Å². The van der Waals surface area contributed by atoms with E-state index < -0.39 is 0 Å². The number of hydrogen-bond acceptors (Lipinski definition) is 2. The lowest BCUT2D eigenvalue weighted by atomic mass is 10.1. The van der Waals surface area contributed by atoms with Gasteiger partial charge in [-0.1, -0.05) is 15.9 Å². The lowest BCUT2D eigenvalue weighted by Gasteiger charge is -2.14. The number of hydrogen-bond donors (Lipinski definition) is 1. The number of aryl methyl sites for hydroxylation is 2. The van der Waals surface area contributed by atoms with Crippen LogP contribution in [0, 0.1) is 19.7 Å². The molecule has 1 nitrogen and oxygen atoms in total. The number of benzene rings is 1. The Balaban J connectivity index is 2.04. The van der Waals surface area contributed by atoms with E-state index in [1.54, 1.807) is 17.4 Å². The highest BCUT2D eigenvalue weighted by molar-refractivity contribution is 9.10. The van der Waals surface area contributed by atoms with Gasteiger partial charge in [-0.15, -0.1) is 11.3 Å². The van der Waals surface area contributed by atoms with Crippen LogP contribution in [-0.4, -0.2) is 0 Å². The van der Waals surface area contributed by atoms with Gasteiger partial charge in [-0.2, -0.15) is 0 Å². The Labute approximate surface area is 126 Å². The second-order valence-corrected chi connectivity index (χ2v) is 6.98. The van der Waals surface area contributed by atoms with Crippen molar-refractivity contribution in [2.24, 2.45) is 0 Å². The van der Waals surface area contributed by atoms with E-state index in [4.69, 9.17) is 0 Å². The second-order valence-electron chi connectivity index (χ2n) is 4.72. The first-order valence-electron chi connectivity index (χ1n) is 6.21. The van der Waals surface area contributed by atoms with Crippen LogP contribution in [0.3, 0.4) is 0 Å². The van der Waals surface area contributed by atoms with Gasteiger partial charge < -0.3 is 5.32 Å². The van der Waals surface area contributed by atoms with Crippen LogP contribution < -0.4 is 5.32 Å². The minimum absolute atomic E-state index is 0.0137. The fraction of sp³-hybridized carbons (Fsp3) is 0.333. The molecule has 1 unspecified atom stereocenters. The molecule has 0 aliphatic rings. The zero-order valence-corrected chi connectivity index (χ0v) is 13.7. The van der Waals surface area contributed by atoms with Gasteiger partial charge in [0.15, 0.2) is 0 Å². The maximum Gasteiger partial charge on any atom is 0.128 e. The fourth-order valence-corrected chi connectivity index (χ4v) is 3.33. The molecular weight excluding hydrogens is 325 g/mol. The molecule has 0 aliphatic heterocycles. The molecule has 0 aliphatic carbocycles. The average Bonchev–Trinajstić information content (AvgIpc) is 2.69. The van der Waals surface area contributed by atoms with Crippen LogP contribution in [0.25, 0.3) is 0 Å². The molecule has 0 spiro atoms. The van der Waals surface area contributed by atoms with Crippen LogP contribution in [0.2, 0.25) is 0 Å². The van der Waals surface area contributed by atoms with Gasteiger partial charge in [-0.25, -0.2) is 4.39 Å². The SMILES string of the molecule is Cc1cc(CNC(C)c2cc(Br)ccc2F)sc1C. The highest BCUT2D eigenvalue weighted by Crippen LogP contribution is 2.24. The minimum Gasteiger partial charge on any atom is -0.305 e. The Hall–Kier alpha value is -0.710. The molecule has 0 radical (unpaired) electrons. The van der Waals surface area contributed by atoms with Gasteiger partial charge in [0, 0.05) is 32.4 Å². The van der Waals surface area contributed by atoms with E-state index in [0.717, 1.165) is 11.0 Å². The van der Waals surface area contributed by atoms with E-state index in [2.05, 4.69) is 41.2 Å². The first-order valence-corrected chi connectivity index (χ1v) is 7.82. The molecule has 1 heterocycles. The third kappa shape index (κ3) is 3.65. The van der Waals surface area contributed by atoms with Crippen LogP contribution in [0.4, 0.5) is 4.39 Å². The highest BCUT2D eigenvalue weighted by Gasteiger charge is 2.11. The van der Waals surface area contributed by atoms with Crippen molar-refractivity contribution in [3.8, 4) is 0 Å². The van der Waals surface area contributed by atoms with Gasteiger partial charge >= 0.3 is 0 Å². The van der Waals surface area contributed by atoms with E-state index >= 15 is 0 Å².